The van der Waals surface area contributed by atoms with Gasteiger partial charge < -0.3 is 9.47 Å². The first-order chi connectivity index (χ1) is 11.4. The zero-order chi connectivity index (χ0) is 15.9. The number of hydrogen-bond acceptors (Lipinski definition) is 6. The average Bonchev–Trinajstić information content (AvgIpc) is 3.12. The quantitative estimate of drug-likeness (QED) is 0.839. The standard InChI is InChI=1S/C16H21N5O2/c1-2-22-14-7-3-4-8-15(14)23-11-10-21-9-5-6-13(12-21)16-17-19-20-18-16/h3-4,6-8H,2,5,9-12H2,1H3,(H,17,18,19,20). The van der Waals surface area contributed by atoms with E-state index in [4.69, 9.17) is 9.47 Å². The minimum absolute atomic E-state index is 0.615. The molecule has 7 nitrogen and oxygen atoms in total. The van der Waals surface area contributed by atoms with Gasteiger partial charge in [-0.05, 0) is 30.7 Å². The molecular weight excluding hydrogens is 294 g/mol. The summed E-state index contributed by atoms with van der Waals surface area (Å²) < 4.78 is 11.5. The van der Waals surface area contributed by atoms with Gasteiger partial charge in [-0.3, -0.25) is 4.90 Å². The summed E-state index contributed by atoms with van der Waals surface area (Å²) in [7, 11) is 0. The summed E-state index contributed by atoms with van der Waals surface area (Å²) in [5.74, 6) is 2.26. The van der Waals surface area contributed by atoms with E-state index in [0.29, 0.717) is 19.0 Å². The zero-order valence-electron chi connectivity index (χ0n) is 13.2. The fourth-order valence-electron chi connectivity index (χ4n) is 2.59. The van der Waals surface area contributed by atoms with E-state index in [0.717, 1.165) is 43.1 Å². The van der Waals surface area contributed by atoms with Crippen LogP contribution in [0.2, 0.25) is 0 Å². The third kappa shape index (κ3) is 4.07. The lowest BCUT2D eigenvalue weighted by atomic mass is 10.1. The van der Waals surface area contributed by atoms with Gasteiger partial charge in [-0.15, -0.1) is 10.2 Å². The van der Waals surface area contributed by atoms with Crippen LogP contribution in [0.4, 0.5) is 0 Å². The number of ether oxygens (including phenoxy) is 2. The molecule has 1 N–H and O–H groups in total. The van der Waals surface area contributed by atoms with Gasteiger partial charge in [0.2, 0.25) is 5.82 Å². The largest absolute Gasteiger partial charge is 0.490 e. The highest BCUT2D eigenvalue weighted by atomic mass is 16.5. The molecule has 7 heteroatoms. The van der Waals surface area contributed by atoms with Gasteiger partial charge in [0.05, 0.1) is 6.61 Å². The van der Waals surface area contributed by atoms with Gasteiger partial charge >= 0.3 is 0 Å². The van der Waals surface area contributed by atoms with Crippen LogP contribution in [-0.2, 0) is 0 Å². The van der Waals surface area contributed by atoms with E-state index in [-0.39, 0.29) is 0 Å². The van der Waals surface area contributed by atoms with Crippen LogP contribution in [0.5, 0.6) is 11.5 Å². The maximum atomic E-state index is 5.88. The van der Waals surface area contributed by atoms with Crippen LogP contribution in [0.15, 0.2) is 30.3 Å². The molecule has 1 aliphatic heterocycles. The Bertz CT molecular complexity index is 642. The fourth-order valence-corrected chi connectivity index (χ4v) is 2.59. The van der Waals surface area contributed by atoms with E-state index in [1.165, 1.54) is 0 Å². The number of nitrogens with one attached hydrogen (secondary N) is 1. The summed E-state index contributed by atoms with van der Waals surface area (Å²) in [5, 5.41) is 14.2. The normalized spacial score (nSPS) is 15.3. The molecule has 0 aliphatic carbocycles. The molecule has 0 unspecified atom stereocenters. The molecule has 23 heavy (non-hydrogen) atoms. The minimum Gasteiger partial charge on any atom is -0.490 e. The van der Waals surface area contributed by atoms with Crippen molar-refractivity contribution >= 4 is 5.57 Å². The van der Waals surface area contributed by atoms with E-state index >= 15 is 0 Å². The molecule has 122 valence electrons. The van der Waals surface area contributed by atoms with Crippen molar-refractivity contribution in [3.8, 4) is 11.5 Å². The monoisotopic (exact) mass is 315 g/mol. The Morgan fingerprint density at radius 1 is 1.22 bits per heavy atom. The molecular formula is C16H21N5O2. The minimum atomic E-state index is 0.615. The zero-order valence-corrected chi connectivity index (χ0v) is 13.2. The molecule has 2 heterocycles. The van der Waals surface area contributed by atoms with Crippen LogP contribution < -0.4 is 9.47 Å². The Balaban J connectivity index is 1.51. The fraction of sp³-hybridized carbons (Fsp3) is 0.438. The lowest BCUT2D eigenvalue weighted by Crippen LogP contribution is -2.33. The Kier molecular flexibility index (Phi) is 5.21. The van der Waals surface area contributed by atoms with Crippen LogP contribution in [0.1, 0.15) is 19.2 Å². The van der Waals surface area contributed by atoms with Gasteiger partial charge in [-0.1, -0.05) is 18.2 Å². The van der Waals surface area contributed by atoms with Crippen LogP contribution in [0.25, 0.3) is 5.57 Å². The summed E-state index contributed by atoms with van der Waals surface area (Å²) in [4.78, 5) is 2.33. The maximum absolute atomic E-state index is 5.88. The number of rotatable bonds is 7. The second-order valence-electron chi connectivity index (χ2n) is 5.26. The number of hydrogen-bond donors (Lipinski definition) is 1. The van der Waals surface area contributed by atoms with E-state index in [1.807, 2.05) is 31.2 Å². The summed E-state index contributed by atoms with van der Waals surface area (Å²) in [6.45, 7) is 5.88. The first kappa shape index (κ1) is 15.5. The van der Waals surface area contributed by atoms with Gasteiger partial charge in [0, 0.05) is 25.2 Å². The molecule has 3 rings (SSSR count). The number of aromatic nitrogens is 4. The molecule has 0 fully saturated rings. The maximum Gasteiger partial charge on any atom is 0.201 e. The van der Waals surface area contributed by atoms with Gasteiger partial charge in [-0.25, -0.2) is 0 Å². The number of tetrazole rings is 1. The van der Waals surface area contributed by atoms with Gasteiger partial charge in [0.1, 0.15) is 6.61 Å². The number of aromatic amines is 1. The molecule has 0 saturated carbocycles. The SMILES string of the molecule is CCOc1ccccc1OCCN1CCC=C(c2nn[nH]n2)C1. The Morgan fingerprint density at radius 2 is 2.04 bits per heavy atom. The number of H-pyrrole nitrogens is 1. The highest BCUT2D eigenvalue weighted by Crippen LogP contribution is 2.26. The summed E-state index contributed by atoms with van der Waals surface area (Å²) in [6, 6.07) is 7.77. The predicted molar refractivity (Wildman–Crippen MR) is 86.3 cm³/mol. The lowest BCUT2D eigenvalue weighted by Gasteiger charge is -2.26. The molecule has 0 radical (unpaired) electrons. The third-order valence-corrected chi connectivity index (χ3v) is 3.68. The van der Waals surface area contributed by atoms with Crippen LogP contribution >= 0.6 is 0 Å². The first-order valence-electron chi connectivity index (χ1n) is 7.86. The van der Waals surface area contributed by atoms with Crippen molar-refractivity contribution in [2.24, 2.45) is 0 Å². The van der Waals surface area contributed by atoms with Gasteiger partial charge in [0.25, 0.3) is 0 Å². The van der Waals surface area contributed by atoms with Crippen molar-refractivity contribution in [3.05, 3.63) is 36.2 Å². The van der Waals surface area contributed by atoms with Crippen molar-refractivity contribution in [3.63, 3.8) is 0 Å². The van der Waals surface area contributed by atoms with Gasteiger partial charge in [-0.2, -0.15) is 5.21 Å². The van der Waals surface area contributed by atoms with E-state index in [9.17, 15) is 0 Å². The summed E-state index contributed by atoms with van der Waals surface area (Å²) in [5.41, 5.74) is 1.11. The smallest absolute Gasteiger partial charge is 0.201 e. The molecule has 1 aliphatic rings. The topological polar surface area (TPSA) is 76.2 Å². The van der Waals surface area contributed by atoms with Crippen molar-refractivity contribution in [1.29, 1.82) is 0 Å². The number of benzene rings is 1. The second-order valence-corrected chi connectivity index (χ2v) is 5.26. The van der Waals surface area contributed by atoms with E-state index < -0.39 is 0 Å². The molecule has 1 aromatic carbocycles. The first-order valence-corrected chi connectivity index (χ1v) is 7.86. The Morgan fingerprint density at radius 3 is 2.78 bits per heavy atom. The summed E-state index contributed by atoms with van der Waals surface area (Å²) >= 11 is 0. The number of para-hydroxylation sites is 2. The molecule has 2 aromatic rings. The highest BCUT2D eigenvalue weighted by molar-refractivity contribution is 5.61. The highest BCUT2D eigenvalue weighted by Gasteiger charge is 2.16. The molecule has 1 aromatic heterocycles. The van der Waals surface area contributed by atoms with Crippen molar-refractivity contribution in [1.82, 2.24) is 25.5 Å². The lowest BCUT2D eigenvalue weighted by molar-refractivity contribution is 0.214. The number of nitrogens with zero attached hydrogens (tertiary/aromatic N) is 4. The Labute approximate surface area is 135 Å². The van der Waals surface area contributed by atoms with Crippen LogP contribution in [0.3, 0.4) is 0 Å². The van der Waals surface area contributed by atoms with E-state index in [2.05, 4.69) is 31.6 Å². The van der Waals surface area contributed by atoms with Crippen LogP contribution in [-0.4, -0.2) is 58.4 Å². The van der Waals surface area contributed by atoms with E-state index in [1.54, 1.807) is 0 Å². The molecule has 0 bridgehead atoms. The average molecular weight is 315 g/mol. The molecule has 0 amide bonds. The molecule has 0 saturated heterocycles. The van der Waals surface area contributed by atoms with Crippen molar-refractivity contribution in [2.75, 3.05) is 32.8 Å². The van der Waals surface area contributed by atoms with Crippen LogP contribution in [0, 0.1) is 0 Å². The second kappa shape index (κ2) is 7.73. The van der Waals surface area contributed by atoms with Crippen molar-refractivity contribution in [2.45, 2.75) is 13.3 Å². The molecule has 0 atom stereocenters. The predicted octanol–water partition coefficient (Wildman–Crippen LogP) is 1.77. The summed E-state index contributed by atoms with van der Waals surface area (Å²) in [6.07, 6.45) is 3.16. The molecule has 0 spiro atoms. The van der Waals surface area contributed by atoms with Crippen molar-refractivity contribution < 1.29 is 9.47 Å². The Hall–Kier alpha value is -2.41. The van der Waals surface area contributed by atoms with Gasteiger partial charge in [0.15, 0.2) is 11.5 Å². The third-order valence-electron chi connectivity index (χ3n) is 3.68.